The lowest BCUT2D eigenvalue weighted by Gasteiger charge is -2.14. The van der Waals surface area contributed by atoms with Crippen molar-refractivity contribution in [1.82, 2.24) is 5.32 Å². The lowest BCUT2D eigenvalue weighted by Crippen LogP contribution is -2.26. The van der Waals surface area contributed by atoms with Crippen LogP contribution in [0.1, 0.15) is 34.8 Å². The number of para-hydroxylation sites is 2. The molecule has 0 unspecified atom stereocenters. The summed E-state index contributed by atoms with van der Waals surface area (Å²) in [5.74, 6) is 2.52. The zero-order chi connectivity index (χ0) is 19.9. The van der Waals surface area contributed by atoms with E-state index in [1.54, 1.807) is 26.4 Å². The molecule has 1 amide bonds. The number of methoxy groups -OCH3 is 2. The Morgan fingerprint density at radius 3 is 2.36 bits per heavy atom. The van der Waals surface area contributed by atoms with E-state index in [0.29, 0.717) is 17.3 Å². The molecule has 0 fully saturated rings. The summed E-state index contributed by atoms with van der Waals surface area (Å²) in [6, 6.07) is 18.1. The molecule has 0 aliphatic heterocycles. The van der Waals surface area contributed by atoms with Crippen LogP contribution < -0.4 is 19.5 Å². The first-order valence-corrected chi connectivity index (χ1v) is 8.90. The van der Waals surface area contributed by atoms with Crippen molar-refractivity contribution in [2.45, 2.75) is 19.6 Å². The number of furan rings is 1. The van der Waals surface area contributed by atoms with Gasteiger partial charge in [0.25, 0.3) is 5.91 Å². The summed E-state index contributed by atoms with van der Waals surface area (Å²) in [7, 11) is 3.20. The number of benzene rings is 2. The molecule has 28 heavy (non-hydrogen) atoms. The smallest absolute Gasteiger partial charge is 0.287 e. The molecule has 146 valence electrons. The average molecular weight is 381 g/mol. The molecule has 3 rings (SSSR count). The molecule has 0 bridgehead atoms. The van der Waals surface area contributed by atoms with Crippen LogP contribution in [0, 0.1) is 0 Å². The van der Waals surface area contributed by atoms with Crippen LogP contribution in [0.3, 0.4) is 0 Å². The van der Waals surface area contributed by atoms with E-state index in [9.17, 15) is 4.79 Å². The maximum atomic E-state index is 12.4. The first-order valence-electron chi connectivity index (χ1n) is 8.90. The molecule has 0 saturated heterocycles. The van der Waals surface area contributed by atoms with Crippen LogP contribution in [0.25, 0.3) is 0 Å². The van der Waals surface area contributed by atoms with E-state index in [0.717, 1.165) is 11.3 Å². The van der Waals surface area contributed by atoms with Crippen molar-refractivity contribution in [1.29, 1.82) is 0 Å². The van der Waals surface area contributed by atoms with E-state index >= 15 is 0 Å². The Morgan fingerprint density at radius 2 is 1.68 bits per heavy atom. The summed E-state index contributed by atoms with van der Waals surface area (Å²) in [6.45, 7) is 2.11. The van der Waals surface area contributed by atoms with Crippen molar-refractivity contribution in [2.24, 2.45) is 0 Å². The standard InChI is InChI=1S/C22H23NO5/c1-15(16-8-10-17(25-2)11-9-16)23-22(24)21-13-12-18(28-21)14-27-20-7-5-4-6-19(20)26-3/h4-13,15H,14H2,1-3H3,(H,23,24)/t15-/m0/s1. The SMILES string of the molecule is COc1ccc([C@H](C)NC(=O)c2ccc(COc3ccccc3OC)o2)cc1. The Bertz CT molecular complexity index is 917. The monoisotopic (exact) mass is 381 g/mol. The van der Waals surface area contributed by atoms with E-state index in [1.807, 2.05) is 55.5 Å². The van der Waals surface area contributed by atoms with Crippen LogP contribution in [0.2, 0.25) is 0 Å². The number of nitrogens with one attached hydrogen (secondary N) is 1. The van der Waals surface area contributed by atoms with Gasteiger partial charge in [0.15, 0.2) is 17.3 Å². The van der Waals surface area contributed by atoms with Gasteiger partial charge in [0.1, 0.15) is 18.1 Å². The van der Waals surface area contributed by atoms with Gasteiger partial charge in [-0.3, -0.25) is 4.79 Å². The minimum absolute atomic E-state index is 0.170. The third-order valence-corrected chi connectivity index (χ3v) is 4.29. The van der Waals surface area contributed by atoms with Crippen LogP contribution in [0.15, 0.2) is 65.1 Å². The van der Waals surface area contributed by atoms with Crippen LogP contribution in [-0.2, 0) is 6.61 Å². The summed E-state index contributed by atoms with van der Waals surface area (Å²) in [5, 5.41) is 2.92. The van der Waals surface area contributed by atoms with Gasteiger partial charge in [-0.05, 0) is 48.9 Å². The van der Waals surface area contributed by atoms with E-state index in [1.165, 1.54) is 0 Å². The van der Waals surface area contributed by atoms with Gasteiger partial charge in [0.2, 0.25) is 0 Å². The first kappa shape index (κ1) is 19.4. The number of rotatable bonds is 8. The molecular formula is C22H23NO5. The van der Waals surface area contributed by atoms with E-state index in [-0.39, 0.29) is 24.3 Å². The van der Waals surface area contributed by atoms with Gasteiger partial charge in [-0.15, -0.1) is 0 Å². The van der Waals surface area contributed by atoms with Crippen molar-refractivity contribution < 1.29 is 23.4 Å². The number of carbonyl (C=O) groups excluding carboxylic acids is 1. The fourth-order valence-corrected chi connectivity index (χ4v) is 2.71. The molecule has 1 N–H and O–H groups in total. The fraction of sp³-hybridized carbons (Fsp3) is 0.227. The highest BCUT2D eigenvalue weighted by Gasteiger charge is 2.15. The average Bonchev–Trinajstić information content (AvgIpc) is 3.21. The minimum Gasteiger partial charge on any atom is -0.497 e. The summed E-state index contributed by atoms with van der Waals surface area (Å²) in [5.41, 5.74) is 0.973. The van der Waals surface area contributed by atoms with Crippen LogP contribution in [0.4, 0.5) is 0 Å². The molecule has 1 atom stereocenters. The predicted molar refractivity (Wildman–Crippen MR) is 105 cm³/mol. The molecule has 3 aromatic rings. The summed E-state index contributed by atoms with van der Waals surface area (Å²) >= 11 is 0. The van der Waals surface area contributed by atoms with Gasteiger partial charge >= 0.3 is 0 Å². The summed E-state index contributed by atoms with van der Waals surface area (Å²) in [4.78, 5) is 12.4. The Hall–Kier alpha value is -3.41. The minimum atomic E-state index is -0.285. The third-order valence-electron chi connectivity index (χ3n) is 4.29. The molecular weight excluding hydrogens is 358 g/mol. The predicted octanol–water partition coefficient (Wildman–Crippen LogP) is 4.37. The molecule has 6 heteroatoms. The Morgan fingerprint density at radius 1 is 0.964 bits per heavy atom. The van der Waals surface area contributed by atoms with Crippen molar-refractivity contribution in [3.8, 4) is 17.2 Å². The Balaban J connectivity index is 1.58. The number of ether oxygens (including phenoxy) is 3. The van der Waals surface area contributed by atoms with Crippen molar-refractivity contribution in [3.63, 3.8) is 0 Å². The third kappa shape index (κ3) is 4.65. The highest BCUT2D eigenvalue weighted by atomic mass is 16.5. The molecule has 0 saturated carbocycles. The second-order valence-corrected chi connectivity index (χ2v) is 6.17. The maximum Gasteiger partial charge on any atom is 0.287 e. The van der Waals surface area contributed by atoms with Crippen molar-refractivity contribution in [2.75, 3.05) is 14.2 Å². The van der Waals surface area contributed by atoms with E-state index in [4.69, 9.17) is 18.6 Å². The zero-order valence-electron chi connectivity index (χ0n) is 16.1. The van der Waals surface area contributed by atoms with Crippen LogP contribution in [0.5, 0.6) is 17.2 Å². The number of hydrogen-bond donors (Lipinski definition) is 1. The van der Waals surface area contributed by atoms with Gasteiger partial charge in [0.05, 0.1) is 20.3 Å². The molecule has 0 spiro atoms. The molecule has 0 aliphatic rings. The second kappa shape index (κ2) is 8.99. The van der Waals surface area contributed by atoms with Gasteiger partial charge in [-0.1, -0.05) is 24.3 Å². The Kier molecular flexibility index (Phi) is 6.22. The molecule has 0 radical (unpaired) electrons. The molecule has 1 aromatic heterocycles. The molecule has 2 aromatic carbocycles. The first-order chi connectivity index (χ1) is 13.6. The quantitative estimate of drug-likeness (QED) is 0.628. The van der Waals surface area contributed by atoms with Gasteiger partial charge < -0.3 is 23.9 Å². The van der Waals surface area contributed by atoms with Gasteiger partial charge in [0, 0.05) is 0 Å². The normalized spacial score (nSPS) is 11.5. The fourth-order valence-electron chi connectivity index (χ4n) is 2.71. The van der Waals surface area contributed by atoms with Gasteiger partial charge in [-0.25, -0.2) is 0 Å². The van der Waals surface area contributed by atoms with E-state index in [2.05, 4.69) is 5.32 Å². The largest absolute Gasteiger partial charge is 0.497 e. The molecule has 6 nitrogen and oxygen atoms in total. The molecule has 0 aliphatic carbocycles. The second-order valence-electron chi connectivity index (χ2n) is 6.17. The number of amides is 1. The van der Waals surface area contributed by atoms with E-state index < -0.39 is 0 Å². The Labute approximate surface area is 164 Å². The highest BCUT2D eigenvalue weighted by molar-refractivity contribution is 5.91. The highest BCUT2D eigenvalue weighted by Crippen LogP contribution is 2.27. The number of hydrogen-bond acceptors (Lipinski definition) is 5. The van der Waals surface area contributed by atoms with Crippen molar-refractivity contribution >= 4 is 5.91 Å². The topological polar surface area (TPSA) is 69.9 Å². The van der Waals surface area contributed by atoms with Crippen molar-refractivity contribution in [3.05, 3.63) is 77.7 Å². The van der Waals surface area contributed by atoms with Crippen LogP contribution >= 0.6 is 0 Å². The summed E-state index contributed by atoms with van der Waals surface area (Å²) in [6.07, 6.45) is 0. The summed E-state index contributed by atoms with van der Waals surface area (Å²) < 4.78 is 21.7. The maximum absolute atomic E-state index is 12.4. The number of carbonyl (C=O) groups is 1. The van der Waals surface area contributed by atoms with Crippen LogP contribution in [-0.4, -0.2) is 20.1 Å². The molecule has 1 heterocycles. The zero-order valence-corrected chi connectivity index (χ0v) is 16.1. The van der Waals surface area contributed by atoms with Gasteiger partial charge in [-0.2, -0.15) is 0 Å². The lowest BCUT2D eigenvalue weighted by atomic mass is 10.1. The lowest BCUT2D eigenvalue weighted by molar-refractivity contribution is 0.0907.